The molecule has 1 aromatic carbocycles. The first-order valence-corrected chi connectivity index (χ1v) is 9.76. The number of hydrogen-bond donors (Lipinski definition) is 2. The van der Waals surface area contributed by atoms with Gasteiger partial charge >= 0.3 is 6.18 Å². The summed E-state index contributed by atoms with van der Waals surface area (Å²) < 4.78 is 94.6. The Hall–Kier alpha value is -1.37. The van der Waals surface area contributed by atoms with Crippen LogP contribution in [0.3, 0.4) is 0 Å². The summed E-state index contributed by atoms with van der Waals surface area (Å²) in [6.07, 6.45) is -4.54. The fraction of sp³-hybridized carbons (Fsp3) is 0.500. The molecule has 24 heavy (non-hydrogen) atoms. The lowest BCUT2D eigenvalue weighted by Gasteiger charge is -2.22. The summed E-state index contributed by atoms with van der Waals surface area (Å²) in [7, 11) is -8.81. The lowest BCUT2D eigenvalue weighted by atomic mass is 10.2. The molecule has 0 aliphatic heterocycles. The molecular weight excluding hydrogens is 373 g/mol. The van der Waals surface area contributed by atoms with E-state index in [1.165, 1.54) is 0 Å². The Labute approximate surface area is 138 Å². The molecule has 0 amide bonds. The topological polar surface area (TPSA) is 118 Å². The predicted octanol–water partition coefficient (Wildman–Crippen LogP) is 1.58. The average Bonchev–Trinajstić information content (AvgIpc) is 2.41. The number of sulfonamides is 1. The van der Waals surface area contributed by atoms with Gasteiger partial charge in [-0.1, -0.05) is 6.92 Å². The van der Waals surface area contributed by atoms with Crippen LogP contribution in [0.4, 0.5) is 18.9 Å². The van der Waals surface area contributed by atoms with E-state index < -0.39 is 54.8 Å². The van der Waals surface area contributed by atoms with Crippen molar-refractivity contribution in [2.45, 2.75) is 24.4 Å². The summed E-state index contributed by atoms with van der Waals surface area (Å²) in [5.74, 6) is -0.868. The zero-order valence-corrected chi connectivity index (χ0v) is 14.2. The van der Waals surface area contributed by atoms with Crippen molar-refractivity contribution in [1.29, 1.82) is 0 Å². The van der Waals surface area contributed by atoms with E-state index in [0.717, 1.165) is 12.1 Å². The molecule has 0 aliphatic carbocycles. The molecule has 1 rings (SSSR count). The van der Waals surface area contributed by atoms with E-state index in [4.69, 9.17) is 10.3 Å². The van der Waals surface area contributed by atoms with Gasteiger partial charge in [-0.15, -0.1) is 0 Å². The molecule has 1 aromatic rings. The van der Waals surface area contributed by atoms with Gasteiger partial charge in [0.15, 0.2) is 0 Å². The summed E-state index contributed by atoms with van der Waals surface area (Å²) in [6.45, 7) is 0.907. The molecule has 7 nitrogen and oxygen atoms in total. The molecular formula is C12H17F3N2O5S2. The van der Waals surface area contributed by atoms with Gasteiger partial charge in [0.1, 0.15) is 0 Å². The molecule has 0 bridgehead atoms. The minimum Gasteiger partial charge on any atom is -0.398 e. The quantitative estimate of drug-likeness (QED) is 0.539. The third-order valence-corrected chi connectivity index (χ3v) is 5.63. The highest BCUT2D eigenvalue weighted by Gasteiger charge is 2.35. The second kappa shape index (κ2) is 7.25. The van der Waals surface area contributed by atoms with Gasteiger partial charge in [0.25, 0.3) is 10.1 Å². The summed E-state index contributed by atoms with van der Waals surface area (Å²) in [6, 6.07) is 2.14. The minimum absolute atomic E-state index is 0.121. The molecule has 0 aromatic heterocycles. The van der Waals surface area contributed by atoms with E-state index in [1.807, 2.05) is 0 Å². The highest BCUT2D eigenvalue weighted by atomic mass is 32.2. The molecule has 0 fully saturated rings. The van der Waals surface area contributed by atoms with Crippen LogP contribution in [0.1, 0.15) is 18.9 Å². The first-order chi connectivity index (χ1) is 10.8. The molecule has 0 aliphatic rings. The van der Waals surface area contributed by atoms with Gasteiger partial charge < -0.3 is 5.73 Å². The molecule has 138 valence electrons. The highest BCUT2D eigenvalue weighted by Crippen LogP contribution is 2.35. The number of nitrogens with zero attached hydrogens (tertiary/aromatic N) is 1. The molecule has 0 radical (unpaired) electrons. The minimum atomic E-state index is -4.83. The van der Waals surface area contributed by atoms with E-state index in [2.05, 4.69) is 0 Å². The Kier molecular flexibility index (Phi) is 6.25. The van der Waals surface area contributed by atoms with E-state index in [9.17, 15) is 30.0 Å². The molecule has 3 N–H and O–H groups in total. The Morgan fingerprint density at radius 2 is 1.75 bits per heavy atom. The van der Waals surface area contributed by atoms with E-state index in [0.29, 0.717) is 16.8 Å². The summed E-state index contributed by atoms with van der Waals surface area (Å²) in [5.41, 5.74) is 3.31. The maximum atomic E-state index is 12.9. The van der Waals surface area contributed by atoms with Crippen molar-refractivity contribution in [2.75, 3.05) is 24.6 Å². The van der Waals surface area contributed by atoms with Crippen molar-refractivity contribution in [3.8, 4) is 0 Å². The second-order valence-electron chi connectivity index (χ2n) is 4.94. The monoisotopic (exact) mass is 390 g/mol. The molecule has 0 unspecified atom stereocenters. The molecule has 0 heterocycles. The van der Waals surface area contributed by atoms with Crippen LogP contribution in [0.2, 0.25) is 0 Å². The number of alkyl halides is 3. The maximum Gasteiger partial charge on any atom is 0.418 e. The first kappa shape index (κ1) is 20.7. The average molecular weight is 390 g/mol. The van der Waals surface area contributed by atoms with Gasteiger partial charge in [-0.2, -0.15) is 25.9 Å². The highest BCUT2D eigenvalue weighted by molar-refractivity contribution is 7.89. The smallest absolute Gasteiger partial charge is 0.398 e. The van der Waals surface area contributed by atoms with Crippen molar-refractivity contribution >= 4 is 25.8 Å². The summed E-state index contributed by atoms with van der Waals surface area (Å²) in [5, 5.41) is 0. The molecule has 0 spiro atoms. The summed E-state index contributed by atoms with van der Waals surface area (Å²) >= 11 is 0. The fourth-order valence-corrected chi connectivity index (χ4v) is 4.04. The lowest BCUT2D eigenvalue weighted by Crippen LogP contribution is -2.36. The van der Waals surface area contributed by atoms with Crippen molar-refractivity contribution in [2.24, 2.45) is 0 Å². The van der Waals surface area contributed by atoms with Crippen LogP contribution >= 0.6 is 0 Å². The summed E-state index contributed by atoms with van der Waals surface area (Å²) in [4.78, 5) is -0.659. The van der Waals surface area contributed by atoms with Crippen molar-refractivity contribution in [3.63, 3.8) is 0 Å². The van der Waals surface area contributed by atoms with Crippen LogP contribution in [-0.4, -0.2) is 44.5 Å². The van der Waals surface area contributed by atoms with E-state index in [1.54, 1.807) is 6.92 Å². The lowest BCUT2D eigenvalue weighted by molar-refractivity contribution is -0.137. The van der Waals surface area contributed by atoms with E-state index in [-0.39, 0.29) is 6.54 Å². The zero-order chi connectivity index (χ0) is 18.8. The number of nitrogen functional groups attached to an aromatic ring is 1. The zero-order valence-electron chi connectivity index (χ0n) is 12.6. The number of benzene rings is 1. The Balaban J connectivity index is 3.29. The molecule has 0 saturated carbocycles. The van der Waals surface area contributed by atoms with Crippen molar-refractivity contribution in [3.05, 3.63) is 23.8 Å². The van der Waals surface area contributed by atoms with Gasteiger partial charge in [-0.25, -0.2) is 8.42 Å². The fourth-order valence-electron chi connectivity index (χ4n) is 1.91. The molecule has 0 saturated heterocycles. The number of hydrogen-bond acceptors (Lipinski definition) is 5. The van der Waals surface area contributed by atoms with Gasteiger partial charge in [-0.3, -0.25) is 4.55 Å². The van der Waals surface area contributed by atoms with Crippen LogP contribution in [0.5, 0.6) is 0 Å². The number of nitrogens with two attached hydrogens (primary N) is 1. The number of rotatable bonds is 7. The van der Waals surface area contributed by atoms with Crippen LogP contribution in [0.15, 0.2) is 23.1 Å². The third kappa shape index (κ3) is 5.33. The van der Waals surface area contributed by atoms with Crippen molar-refractivity contribution in [1.82, 2.24) is 4.31 Å². The van der Waals surface area contributed by atoms with Crippen LogP contribution < -0.4 is 5.73 Å². The Morgan fingerprint density at radius 1 is 1.17 bits per heavy atom. The third-order valence-electron chi connectivity index (χ3n) is 3.04. The maximum absolute atomic E-state index is 12.9. The number of anilines is 1. The SMILES string of the molecule is CCCN(CCS(=O)(=O)O)S(=O)(=O)c1ccc(N)c(C(F)(F)F)c1. The molecule has 0 atom stereocenters. The normalized spacial score (nSPS) is 13.4. The van der Waals surface area contributed by atoms with Crippen LogP contribution in [-0.2, 0) is 26.3 Å². The van der Waals surface area contributed by atoms with Gasteiger partial charge in [0, 0.05) is 18.8 Å². The van der Waals surface area contributed by atoms with E-state index >= 15 is 0 Å². The standard InChI is InChI=1S/C12H17F3N2O5S2/c1-2-5-17(6-7-23(18,19)20)24(21,22)9-3-4-11(16)10(8-9)12(13,14)15/h3-4,8H,2,5-7,16H2,1H3,(H,18,19,20). The predicted molar refractivity (Wildman–Crippen MR) is 81.3 cm³/mol. The largest absolute Gasteiger partial charge is 0.418 e. The van der Waals surface area contributed by atoms with Crippen LogP contribution in [0.25, 0.3) is 0 Å². The Bertz CT molecular complexity index is 791. The number of halogens is 3. The Morgan fingerprint density at radius 3 is 2.21 bits per heavy atom. The van der Waals surface area contributed by atoms with Crippen molar-refractivity contribution < 1.29 is 34.6 Å². The first-order valence-electron chi connectivity index (χ1n) is 6.71. The molecule has 12 heteroatoms. The second-order valence-corrected chi connectivity index (χ2v) is 8.45. The van der Waals surface area contributed by atoms with Gasteiger partial charge in [0.2, 0.25) is 10.0 Å². The van der Waals surface area contributed by atoms with Gasteiger partial charge in [0.05, 0.1) is 16.2 Å². The van der Waals surface area contributed by atoms with Crippen LogP contribution in [0, 0.1) is 0 Å². The van der Waals surface area contributed by atoms with Gasteiger partial charge in [-0.05, 0) is 24.6 Å².